The maximum Gasteiger partial charge on any atom is 0.236 e. The fourth-order valence-corrected chi connectivity index (χ4v) is 3.65. The summed E-state index contributed by atoms with van der Waals surface area (Å²) in [5.41, 5.74) is 0.297. The van der Waals surface area contributed by atoms with E-state index < -0.39 is 0 Å². The van der Waals surface area contributed by atoms with Crippen LogP contribution in [0.2, 0.25) is 0 Å². The van der Waals surface area contributed by atoms with Crippen molar-refractivity contribution in [1.82, 2.24) is 9.80 Å². The van der Waals surface area contributed by atoms with Gasteiger partial charge in [0.1, 0.15) is 0 Å². The standard InChI is InChI=1S/C14H24N2O2/c1-11-2-4-15(5-3-11)8-13(18)16-9-14(10-16)6-12(17)7-14/h11-12,17H,2-10H2,1H3. The minimum atomic E-state index is -0.106. The molecule has 3 rings (SSSR count). The van der Waals surface area contributed by atoms with Crippen LogP contribution in [0.4, 0.5) is 0 Å². The van der Waals surface area contributed by atoms with E-state index >= 15 is 0 Å². The predicted octanol–water partition coefficient (Wildman–Crippen LogP) is 0.702. The molecule has 0 bridgehead atoms. The molecule has 4 heteroatoms. The summed E-state index contributed by atoms with van der Waals surface area (Å²) in [6, 6.07) is 0. The number of hydrogen-bond acceptors (Lipinski definition) is 3. The van der Waals surface area contributed by atoms with Gasteiger partial charge in [0.05, 0.1) is 12.6 Å². The van der Waals surface area contributed by atoms with E-state index in [0.29, 0.717) is 12.0 Å². The van der Waals surface area contributed by atoms with Gasteiger partial charge in [0.25, 0.3) is 0 Å². The van der Waals surface area contributed by atoms with Crippen LogP contribution in [0, 0.1) is 11.3 Å². The molecule has 102 valence electrons. The first-order valence-corrected chi connectivity index (χ1v) is 7.25. The van der Waals surface area contributed by atoms with Crippen molar-refractivity contribution in [2.45, 2.75) is 38.7 Å². The number of carbonyl (C=O) groups excluding carboxylic acids is 1. The third-order valence-corrected chi connectivity index (χ3v) is 4.98. The van der Waals surface area contributed by atoms with Gasteiger partial charge in [-0.25, -0.2) is 0 Å². The van der Waals surface area contributed by atoms with Gasteiger partial charge in [-0.1, -0.05) is 6.92 Å². The van der Waals surface area contributed by atoms with E-state index in [1.807, 2.05) is 4.90 Å². The van der Waals surface area contributed by atoms with Crippen molar-refractivity contribution < 1.29 is 9.90 Å². The Morgan fingerprint density at radius 2 is 1.89 bits per heavy atom. The number of piperidine rings is 1. The number of likely N-dealkylation sites (tertiary alicyclic amines) is 2. The Labute approximate surface area is 109 Å². The summed E-state index contributed by atoms with van der Waals surface area (Å²) in [5.74, 6) is 1.11. The maximum atomic E-state index is 12.1. The molecule has 1 amide bonds. The Hall–Kier alpha value is -0.610. The first kappa shape index (κ1) is 12.4. The lowest BCUT2D eigenvalue weighted by molar-refractivity contribution is -0.164. The molecule has 0 aromatic heterocycles. The maximum absolute atomic E-state index is 12.1. The van der Waals surface area contributed by atoms with Crippen LogP contribution < -0.4 is 0 Å². The molecule has 1 aliphatic carbocycles. The van der Waals surface area contributed by atoms with Gasteiger partial charge in [-0.15, -0.1) is 0 Å². The van der Waals surface area contributed by atoms with Gasteiger partial charge >= 0.3 is 0 Å². The highest BCUT2D eigenvalue weighted by atomic mass is 16.3. The van der Waals surface area contributed by atoms with Crippen LogP contribution in [0.3, 0.4) is 0 Å². The van der Waals surface area contributed by atoms with Gasteiger partial charge in [0.2, 0.25) is 5.91 Å². The minimum Gasteiger partial charge on any atom is -0.393 e. The SMILES string of the molecule is CC1CCN(CC(=O)N2CC3(CC(O)C3)C2)CC1. The Morgan fingerprint density at radius 1 is 1.28 bits per heavy atom. The molecule has 3 fully saturated rings. The predicted molar refractivity (Wildman–Crippen MR) is 69.1 cm³/mol. The third kappa shape index (κ3) is 2.28. The largest absolute Gasteiger partial charge is 0.393 e. The minimum absolute atomic E-state index is 0.106. The van der Waals surface area contributed by atoms with E-state index in [9.17, 15) is 9.90 Å². The zero-order chi connectivity index (χ0) is 12.8. The van der Waals surface area contributed by atoms with E-state index in [1.54, 1.807) is 0 Å². The van der Waals surface area contributed by atoms with Gasteiger partial charge in [-0.2, -0.15) is 0 Å². The van der Waals surface area contributed by atoms with E-state index in [1.165, 1.54) is 12.8 Å². The topological polar surface area (TPSA) is 43.8 Å². The molecule has 1 spiro atoms. The van der Waals surface area contributed by atoms with Crippen molar-refractivity contribution in [2.24, 2.45) is 11.3 Å². The number of aliphatic hydroxyl groups excluding tert-OH is 1. The van der Waals surface area contributed by atoms with Crippen molar-refractivity contribution in [3.8, 4) is 0 Å². The van der Waals surface area contributed by atoms with Gasteiger partial charge in [-0.3, -0.25) is 9.69 Å². The Bertz CT molecular complexity index is 323. The molecule has 0 atom stereocenters. The van der Waals surface area contributed by atoms with Crippen LogP contribution in [-0.4, -0.2) is 59.6 Å². The van der Waals surface area contributed by atoms with Gasteiger partial charge in [0.15, 0.2) is 0 Å². The summed E-state index contributed by atoms with van der Waals surface area (Å²) in [5, 5.41) is 9.35. The molecule has 2 aliphatic heterocycles. The van der Waals surface area contributed by atoms with Crippen LogP contribution in [0.5, 0.6) is 0 Å². The molecule has 3 aliphatic rings. The van der Waals surface area contributed by atoms with Crippen molar-refractivity contribution in [1.29, 1.82) is 0 Å². The quantitative estimate of drug-likeness (QED) is 0.787. The van der Waals surface area contributed by atoms with E-state index in [0.717, 1.165) is 44.9 Å². The van der Waals surface area contributed by atoms with E-state index in [-0.39, 0.29) is 12.0 Å². The molecule has 0 radical (unpaired) electrons. The molecule has 2 heterocycles. The van der Waals surface area contributed by atoms with Crippen molar-refractivity contribution in [2.75, 3.05) is 32.7 Å². The average Bonchev–Trinajstić information content (AvgIpc) is 2.24. The van der Waals surface area contributed by atoms with Crippen LogP contribution >= 0.6 is 0 Å². The first-order chi connectivity index (χ1) is 8.56. The zero-order valence-electron chi connectivity index (χ0n) is 11.3. The first-order valence-electron chi connectivity index (χ1n) is 7.25. The second-order valence-electron chi connectivity index (χ2n) is 6.77. The van der Waals surface area contributed by atoms with Gasteiger partial charge in [0, 0.05) is 18.5 Å². The Morgan fingerprint density at radius 3 is 2.44 bits per heavy atom. The van der Waals surface area contributed by atoms with E-state index in [4.69, 9.17) is 0 Å². The second-order valence-corrected chi connectivity index (χ2v) is 6.77. The third-order valence-electron chi connectivity index (χ3n) is 4.98. The molecular formula is C14H24N2O2. The molecule has 0 aromatic carbocycles. The number of carbonyl (C=O) groups is 1. The fourth-order valence-electron chi connectivity index (χ4n) is 3.65. The molecule has 18 heavy (non-hydrogen) atoms. The second kappa shape index (κ2) is 4.49. The zero-order valence-corrected chi connectivity index (χ0v) is 11.3. The summed E-state index contributed by atoms with van der Waals surface area (Å²) in [6.45, 7) is 6.81. The van der Waals surface area contributed by atoms with Crippen LogP contribution in [0.25, 0.3) is 0 Å². The highest BCUT2D eigenvalue weighted by Crippen LogP contribution is 2.48. The molecule has 4 nitrogen and oxygen atoms in total. The van der Waals surface area contributed by atoms with Crippen molar-refractivity contribution in [3.63, 3.8) is 0 Å². The number of nitrogens with zero attached hydrogens (tertiary/aromatic N) is 2. The van der Waals surface area contributed by atoms with Crippen molar-refractivity contribution >= 4 is 5.91 Å². The molecule has 1 N–H and O–H groups in total. The molecule has 0 unspecified atom stereocenters. The summed E-state index contributed by atoms with van der Waals surface area (Å²) in [6.07, 6.45) is 4.15. The normalized spacial score (nSPS) is 29.1. The highest BCUT2D eigenvalue weighted by Gasteiger charge is 2.53. The van der Waals surface area contributed by atoms with Gasteiger partial charge < -0.3 is 10.0 Å². The lowest BCUT2D eigenvalue weighted by Gasteiger charge is -2.58. The van der Waals surface area contributed by atoms with Crippen LogP contribution in [0.15, 0.2) is 0 Å². The molecule has 0 aromatic rings. The Kier molecular flexibility index (Phi) is 3.10. The number of rotatable bonds is 2. The summed E-state index contributed by atoms with van der Waals surface area (Å²) in [7, 11) is 0. The molecular weight excluding hydrogens is 228 g/mol. The number of amides is 1. The highest BCUT2D eigenvalue weighted by molar-refractivity contribution is 5.79. The molecule has 1 saturated carbocycles. The smallest absolute Gasteiger partial charge is 0.236 e. The van der Waals surface area contributed by atoms with Crippen molar-refractivity contribution in [3.05, 3.63) is 0 Å². The monoisotopic (exact) mass is 252 g/mol. The molecule has 2 saturated heterocycles. The van der Waals surface area contributed by atoms with Gasteiger partial charge in [-0.05, 0) is 44.7 Å². The lowest BCUT2D eigenvalue weighted by Crippen LogP contribution is -2.66. The average molecular weight is 252 g/mol. The summed E-state index contributed by atoms with van der Waals surface area (Å²) < 4.78 is 0. The fraction of sp³-hybridized carbons (Fsp3) is 0.929. The summed E-state index contributed by atoms with van der Waals surface area (Å²) in [4.78, 5) is 16.4. The Balaban J connectivity index is 1.41. The lowest BCUT2D eigenvalue weighted by atomic mass is 9.62. The summed E-state index contributed by atoms with van der Waals surface area (Å²) >= 11 is 0. The van der Waals surface area contributed by atoms with Crippen LogP contribution in [0.1, 0.15) is 32.6 Å². The van der Waals surface area contributed by atoms with Crippen LogP contribution in [-0.2, 0) is 4.79 Å². The van der Waals surface area contributed by atoms with E-state index in [2.05, 4.69) is 11.8 Å². The number of aliphatic hydroxyl groups is 1. The number of hydrogen-bond donors (Lipinski definition) is 1.